The Bertz CT molecular complexity index is 2850. The summed E-state index contributed by atoms with van der Waals surface area (Å²) in [5.74, 6) is -11.0. The maximum absolute atomic E-state index is 15.7. The first-order valence-corrected chi connectivity index (χ1v) is 40.0. The summed E-state index contributed by atoms with van der Waals surface area (Å²) in [6, 6.07) is -14.3. The Kier molecular flexibility index (Phi) is 44.8. The average Bonchev–Trinajstić information content (AvgIpc) is 0.803. The van der Waals surface area contributed by atoms with E-state index in [0.29, 0.717) is 57.2 Å². The maximum Gasteiger partial charge on any atom is 0.320 e. The number of amides is 11. The molecule has 107 heavy (non-hydrogen) atoms. The number of carbonyl (C=O) groups excluding carboxylic acids is 13. The standard InChI is InChI=1S/C77H140N12O17S/c1-26-55-72(99)86(23)60(45-107-38-34-33-37-90)75(102)82(19)57(40-47(6)7)69(96)81-63(50(12)13)76(103)83(20)56(39-46(4)5)68(95)78-53(17)67(94)79-54(18)71(98)84(21)58(41-48(8)9)73(100)85(22)59(42-49(10)11)74(101)87(24)64(51(14)15)77(104)88(25)65(70(97)80-55)66(93)52(16)35-31-29-30-32-36-89(43-61(91)105-27-2)44-62(92)106-28-3/h46-60,63-66,90,93H,26-45H2,1-25H3,(H,78,95)(H,79,94)(H,80,97)(H,81,96)/t52-,53+,54-,55+,56+,57+,58+,59+,60-,63+,64+,65+,66-/m1/s1. The lowest BCUT2D eigenvalue weighted by Gasteiger charge is -2.41. The Labute approximate surface area is 644 Å². The molecule has 1 rings (SSSR count). The largest absolute Gasteiger partial charge is 0.465 e. The van der Waals surface area contributed by atoms with Crippen LogP contribution in [0, 0.1) is 41.4 Å². The highest BCUT2D eigenvalue weighted by Crippen LogP contribution is 2.27. The molecule has 0 spiro atoms. The highest BCUT2D eigenvalue weighted by molar-refractivity contribution is 7.99. The van der Waals surface area contributed by atoms with Gasteiger partial charge in [0.2, 0.25) is 65.0 Å². The van der Waals surface area contributed by atoms with Crippen molar-refractivity contribution >= 4 is 88.7 Å². The number of nitrogens with zero attached hydrogens (tertiary/aromatic N) is 8. The van der Waals surface area contributed by atoms with E-state index in [-0.39, 0.29) is 94.4 Å². The summed E-state index contributed by atoms with van der Waals surface area (Å²) in [7, 11) is 9.93. The second-order valence-corrected chi connectivity index (χ2v) is 32.7. The lowest BCUT2D eigenvalue weighted by molar-refractivity contribution is -0.157. The van der Waals surface area contributed by atoms with Crippen molar-refractivity contribution in [1.82, 2.24) is 60.5 Å². The molecule has 0 aliphatic carbocycles. The minimum absolute atomic E-state index is 0.00177. The molecule has 29 nitrogen and oxygen atoms in total. The van der Waals surface area contributed by atoms with E-state index < -0.39 is 167 Å². The monoisotopic (exact) mass is 1540 g/mol. The van der Waals surface area contributed by atoms with Crippen LogP contribution in [-0.2, 0) is 71.8 Å². The minimum atomic E-state index is -1.72. The van der Waals surface area contributed by atoms with Gasteiger partial charge in [-0.2, -0.15) is 11.8 Å². The lowest BCUT2D eigenvalue weighted by atomic mass is 9.90. The Morgan fingerprint density at radius 1 is 0.449 bits per heavy atom. The first-order valence-electron chi connectivity index (χ1n) is 38.9. The molecule has 1 saturated heterocycles. The van der Waals surface area contributed by atoms with Crippen LogP contribution in [-0.4, -0.2) is 299 Å². The van der Waals surface area contributed by atoms with Gasteiger partial charge in [-0.05, 0) is 139 Å². The van der Waals surface area contributed by atoms with E-state index in [1.165, 1.54) is 104 Å². The molecule has 0 aromatic rings. The van der Waals surface area contributed by atoms with Gasteiger partial charge in [0, 0.05) is 61.7 Å². The van der Waals surface area contributed by atoms with Gasteiger partial charge in [0.15, 0.2) is 0 Å². The van der Waals surface area contributed by atoms with Crippen molar-refractivity contribution in [2.75, 3.05) is 100 Å². The first kappa shape index (κ1) is 98.3. The third-order valence-corrected chi connectivity index (χ3v) is 20.9. The highest BCUT2D eigenvalue weighted by atomic mass is 32.2. The molecular weight excluding hydrogens is 1400 g/mol. The van der Waals surface area contributed by atoms with Crippen molar-refractivity contribution < 1.29 is 82.0 Å². The van der Waals surface area contributed by atoms with Crippen LogP contribution in [0.25, 0.3) is 0 Å². The van der Waals surface area contributed by atoms with Crippen LogP contribution >= 0.6 is 11.8 Å². The van der Waals surface area contributed by atoms with E-state index in [2.05, 4.69) is 21.3 Å². The molecule has 13 atom stereocenters. The van der Waals surface area contributed by atoms with Crippen LogP contribution < -0.4 is 21.3 Å². The summed E-state index contributed by atoms with van der Waals surface area (Å²) < 4.78 is 10.3. The Hall–Kier alpha value is -6.66. The SMILES string of the molecule is CCOC(=O)CN(CCCCCC[C@@H](C)[C@@H](O)[C@H]1C(=O)N[C@@H](CC)C(=O)N(C)[C@H](CSCCCCO)C(=O)N(C)[C@@H](CC(C)C)C(=O)N[C@@H](C(C)C)C(=O)N(C)[C@@H](CC(C)C)C(=O)N[C@@H](C)C(=O)N[C@H](C)C(=O)N(C)[C@@H](CC(C)C)C(=O)N(C)[C@@H](CC(C)C)C(=O)N(C)[C@@H](C(C)C)C(=O)N1C)CC(=O)OCC. The number of aliphatic hydroxyl groups excluding tert-OH is 2. The molecular formula is C77H140N12O17S. The number of hydrogen-bond acceptors (Lipinski definition) is 19. The smallest absolute Gasteiger partial charge is 0.320 e. The molecule has 11 amide bonds. The van der Waals surface area contributed by atoms with E-state index in [9.17, 15) is 39.0 Å². The van der Waals surface area contributed by atoms with Crippen LogP contribution in [0.4, 0.5) is 0 Å². The zero-order valence-electron chi connectivity index (χ0n) is 69.6. The molecule has 1 heterocycles. The highest BCUT2D eigenvalue weighted by Gasteiger charge is 2.47. The fourth-order valence-electron chi connectivity index (χ4n) is 13.3. The van der Waals surface area contributed by atoms with Crippen LogP contribution in [0.15, 0.2) is 0 Å². The molecule has 0 radical (unpaired) electrons. The summed E-state index contributed by atoms with van der Waals surface area (Å²) in [4.78, 5) is 201. The van der Waals surface area contributed by atoms with Gasteiger partial charge in [-0.3, -0.25) is 67.2 Å². The van der Waals surface area contributed by atoms with Crippen LogP contribution in [0.1, 0.15) is 202 Å². The number of thioether (sulfide) groups is 1. The van der Waals surface area contributed by atoms with Gasteiger partial charge in [0.05, 0.1) is 32.4 Å². The van der Waals surface area contributed by atoms with Gasteiger partial charge in [-0.25, -0.2) is 0 Å². The fourth-order valence-corrected chi connectivity index (χ4v) is 14.5. The Morgan fingerprint density at radius 2 is 0.869 bits per heavy atom. The van der Waals surface area contributed by atoms with Crippen molar-refractivity contribution in [2.24, 2.45) is 41.4 Å². The normalized spacial score (nSPS) is 24.4. The zero-order valence-corrected chi connectivity index (χ0v) is 70.4. The van der Waals surface area contributed by atoms with Gasteiger partial charge < -0.3 is 75.3 Å². The lowest BCUT2D eigenvalue weighted by Crippen LogP contribution is -2.64. The second-order valence-electron chi connectivity index (χ2n) is 31.5. The summed E-state index contributed by atoms with van der Waals surface area (Å²) in [5, 5.41) is 33.5. The van der Waals surface area contributed by atoms with Crippen LogP contribution in [0.2, 0.25) is 0 Å². The van der Waals surface area contributed by atoms with Gasteiger partial charge in [-0.15, -0.1) is 0 Å². The van der Waals surface area contributed by atoms with Gasteiger partial charge >= 0.3 is 11.9 Å². The van der Waals surface area contributed by atoms with E-state index >= 15 is 33.6 Å². The van der Waals surface area contributed by atoms with E-state index in [0.717, 1.165) is 4.90 Å². The fraction of sp³-hybridized carbons (Fsp3) is 0.831. The number of rotatable bonds is 32. The number of ether oxygens (including phenoxy) is 2. The predicted molar refractivity (Wildman–Crippen MR) is 414 cm³/mol. The van der Waals surface area contributed by atoms with Crippen molar-refractivity contribution in [3.05, 3.63) is 0 Å². The van der Waals surface area contributed by atoms with Crippen molar-refractivity contribution in [1.29, 1.82) is 0 Å². The number of carbonyl (C=O) groups is 13. The molecule has 0 bridgehead atoms. The molecule has 0 saturated carbocycles. The molecule has 1 aliphatic heterocycles. The molecule has 0 unspecified atom stereocenters. The molecule has 616 valence electrons. The number of likely N-dealkylation sites (N-methyl/N-ethyl adjacent to an activating group) is 7. The van der Waals surface area contributed by atoms with E-state index in [4.69, 9.17) is 9.47 Å². The molecule has 6 N–H and O–H groups in total. The molecule has 0 aromatic heterocycles. The number of nitrogens with one attached hydrogen (secondary N) is 4. The molecule has 1 aliphatic rings. The van der Waals surface area contributed by atoms with Crippen molar-refractivity contribution in [3.8, 4) is 0 Å². The first-order chi connectivity index (χ1) is 49.9. The zero-order chi connectivity index (χ0) is 82.2. The third kappa shape index (κ3) is 31.3. The summed E-state index contributed by atoms with van der Waals surface area (Å²) in [5.41, 5.74) is 0. The second kappa shape index (κ2) is 48.8. The van der Waals surface area contributed by atoms with Gasteiger partial charge in [0.25, 0.3) is 0 Å². The van der Waals surface area contributed by atoms with E-state index in [1.807, 2.05) is 55.4 Å². The topological polar surface area (TPSA) is 355 Å². The predicted octanol–water partition coefficient (Wildman–Crippen LogP) is 4.56. The molecule has 0 aromatic carbocycles. The average molecular weight is 1540 g/mol. The molecule has 1 fully saturated rings. The minimum Gasteiger partial charge on any atom is -0.465 e. The molecule has 30 heteroatoms. The van der Waals surface area contributed by atoms with Crippen LogP contribution in [0.3, 0.4) is 0 Å². The maximum atomic E-state index is 15.7. The number of hydrogen-bond donors (Lipinski definition) is 6. The summed E-state index contributed by atoms with van der Waals surface area (Å²) in [6.07, 6.45) is 2.54. The quantitative estimate of drug-likeness (QED) is 0.0397. The number of esters is 2. The Balaban J connectivity index is 4.49. The summed E-state index contributed by atoms with van der Waals surface area (Å²) >= 11 is 1.34. The number of aliphatic hydroxyl groups is 2. The Morgan fingerprint density at radius 3 is 1.34 bits per heavy atom. The van der Waals surface area contributed by atoms with Crippen LogP contribution in [0.5, 0.6) is 0 Å². The van der Waals surface area contributed by atoms with E-state index in [1.54, 1.807) is 60.3 Å². The van der Waals surface area contributed by atoms with Gasteiger partial charge in [-0.1, -0.05) is 116 Å². The number of unbranched alkanes of at least 4 members (excludes halogenated alkanes) is 4. The van der Waals surface area contributed by atoms with Crippen molar-refractivity contribution in [3.63, 3.8) is 0 Å². The summed E-state index contributed by atoms with van der Waals surface area (Å²) in [6.45, 7) is 31.8. The van der Waals surface area contributed by atoms with Crippen molar-refractivity contribution in [2.45, 2.75) is 274 Å². The third-order valence-electron chi connectivity index (χ3n) is 19.8. The van der Waals surface area contributed by atoms with Gasteiger partial charge in [0.1, 0.15) is 66.5 Å².